The van der Waals surface area contributed by atoms with Crippen molar-refractivity contribution < 1.29 is 4.79 Å². The van der Waals surface area contributed by atoms with Crippen LogP contribution in [0.5, 0.6) is 0 Å². The summed E-state index contributed by atoms with van der Waals surface area (Å²) >= 11 is 6.74. The fraction of sp³-hybridized carbons (Fsp3) is 0.182. The monoisotopic (exact) mass is 267 g/mol. The molecule has 88 valence electrons. The predicted octanol–water partition coefficient (Wildman–Crippen LogP) is 2.78. The third kappa shape index (κ3) is 2.45. The molecular weight excluding hydrogens is 258 g/mol. The minimum atomic E-state index is -0.205. The summed E-state index contributed by atoms with van der Waals surface area (Å²) in [6, 6.07) is 7.65. The van der Waals surface area contributed by atoms with Crippen molar-refractivity contribution in [1.82, 2.24) is 10.2 Å². The van der Waals surface area contributed by atoms with Gasteiger partial charge in [0.2, 0.25) is 9.47 Å². The lowest BCUT2D eigenvalue weighted by Gasteiger charge is -2.17. The number of aryl methyl sites for hydroxylation is 1. The Morgan fingerprint density at radius 3 is 2.65 bits per heavy atom. The Bertz CT molecular complexity index is 555. The highest BCUT2D eigenvalue weighted by Gasteiger charge is 2.18. The summed E-state index contributed by atoms with van der Waals surface area (Å²) in [4.78, 5) is 13.6. The summed E-state index contributed by atoms with van der Waals surface area (Å²) in [6.07, 6.45) is 0. The van der Waals surface area contributed by atoms with Crippen LogP contribution in [-0.4, -0.2) is 23.2 Å². The quantitative estimate of drug-likeness (QED) is 0.841. The van der Waals surface area contributed by atoms with Gasteiger partial charge in [0.25, 0.3) is 5.91 Å². The van der Waals surface area contributed by atoms with Gasteiger partial charge in [-0.15, -0.1) is 10.2 Å². The first-order valence-corrected chi connectivity index (χ1v) is 6.11. The SMILES string of the molecule is Cc1ccccc1N(C)C(=O)c1nnc(Cl)s1. The van der Waals surface area contributed by atoms with Crippen LogP contribution in [0.2, 0.25) is 4.47 Å². The molecule has 1 aromatic heterocycles. The number of aromatic nitrogens is 2. The van der Waals surface area contributed by atoms with Gasteiger partial charge in [-0.1, -0.05) is 29.5 Å². The summed E-state index contributed by atoms with van der Waals surface area (Å²) in [6.45, 7) is 1.95. The van der Waals surface area contributed by atoms with Gasteiger partial charge in [-0.05, 0) is 30.2 Å². The highest BCUT2D eigenvalue weighted by Crippen LogP contribution is 2.22. The number of hydrogen-bond acceptors (Lipinski definition) is 4. The number of rotatable bonds is 2. The topological polar surface area (TPSA) is 46.1 Å². The second-order valence-corrected chi connectivity index (χ2v) is 5.07. The Kier molecular flexibility index (Phi) is 3.40. The summed E-state index contributed by atoms with van der Waals surface area (Å²) in [7, 11) is 1.71. The van der Waals surface area contributed by atoms with E-state index in [4.69, 9.17) is 11.6 Å². The third-order valence-electron chi connectivity index (χ3n) is 2.36. The molecule has 1 aromatic carbocycles. The zero-order chi connectivity index (χ0) is 12.4. The molecule has 0 aliphatic heterocycles. The zero-order valence-electron chi connectivity index (χ0n) is 9.35. The maximum absolute atomic E-state index is 12.1. The molecule has 0 aliphatic rings. The largest absolute Gasteiger partial charge is 0.309 e. The zero-order valence-corrected chi connectivity index (χ0v) is 10.9. The molecule has 1 heterocycles. The minimum absolute atomic E-state index is 0.205. The normalized spacial score (nSPS) is 10.3. The molecular formula is C11H10ClN3OS. The van der Waals surface area contributed by atoms with E-state index in [9.17, 15) is 4.79 Å². The number of anilines is 1. The summed E-state index contributed by atoms with van der Waals surface area (Å²) in [5.74, 6) is -0.205. The molecule has 0 bridgehead atoms. The average Bonchev–Trinajstić information content (AvgIpc) is 2.75. The van der Waals surface area contributed by atoms with Gasteiger partial charge in [0.1, 0.15) is 0 Å². The van der Waals surface area contributed by atoms with Crippen molar-refractivity contribution >= 4 is 34.5 Å². The molecule has 0 fully saturated rings. The van der Waals surface area contributed by atoms with Gasteiger partial charge in [-0.3, -0.25) is 4.79 Å². The van der Waals surface area contributed by atoms with Crippen LogP contribution in [-0.2, 0) is 0 Å². The van der Waals surface area contributed by atoms with Crippen LogP contribution in [0.15, 0.2) is 24.3 Å². The molecule has 2 rings (SSSR count). The van der Waals surface area contributed by atoms with E-state index < -0.39 is 0 Å². The van der Waals surface area contributed by atoms with Crippen molar-refractivity contribution in [3.63, 3.8) is 0 Å². The molecule has 17 heavy (non-hydrogen) atoms. The van der Waals surface area contributed by atoms with Gasteiger partial charge in [0, 0.05) is 12.7 Å². The third-order valence-corrected chi connectivity index (χ3v) is 3.37. The van der Waals surface area contributed by atoms with Crippen LogP contribution < -0.4 is 4.90 Å². The fourth-order valence-corrected chi connectivity index (χ4v) is 2.29. The lowest BCUT2D eigenvalue weighted by Crippen LogP contribution is -2.26. The van der Waals surface area contributed by atoms with Crippen molar-refractivity contribution in [2.24, 2.45) is 0 Å². The van der Waals surface area contributed by atoms with E-state index in [0.29, 0.717) is 5.01 Å². The molecule has 0 radical (unpaired) electrons. The van der Waals surface area contributed by atoms with Gasteiger partial charge >= 0.3 is 0 Å². The number of benzene rings is 1. The molecule has 2 aromatic rings. The van der Waals surface area contributed by atoms with E-state index in [0.717, 1.165) is 22.6 Å². The van der Waals surface area contributed by atoms with Crippen molar-refractivity contribution in [3.05, 3.63) is 39.3 Å². The molecule has 0 N–H and O–H groups in total. The lowest BCUT2D eigenvalue weighted by atomic mass is 10.2. The molecule has 0 unspecified atom stereocenters. The summed E-state index contributed by atoms with van der Waals surface area (Å²) < 4.78 is 0.270. The maximum Gasteiger partial charge on any atom is 0.289 e. The molecule has 0 atom stereocenters. The Morgan fingerprint density at radius 1 is 1.35 bits per heavy atom. The average molecular weight is 268 g/mol. The van der Waals surface area contributed by atoms with Crippen molar-refractivity contribution in [2.75, 3.05) is 11.9 Å². The number of para-hydroxylation sites is 1. The first-order valence-electron chi connectivity index (χ1n) is 4.92. The van der Waals surface area contributed by atoms with Crippen LogP contribution in [0, 0.1) is 6.92 Å². The van der Waals surface area contributed by atoms with Gasteiger partial charge in [-0.2, -0.15) is 0 Å². The number of carbonyl (C=O) groups is 1. The Labute approximate surface area is 108 Å². The molecule has 0 aliphatic carbocycles. The highest BCUT2D eigenvalue weighted by molar-refractivity contribution is 7.17. The number of nitrogens with zero attached hydrogens (tertiary/aromatic N) is 3. The Hall–Kier alpha value is -1.46. The second-order valence-electron chi connectivity index (χ2n) is 3.51. The van der Waals surface area contributed by atoms with Gasteiger partial charge in [0.15, 0.2) is 0 Å². The molecule has 0 spiro atoms. The lowest BCUT2D eigenvalue weighted by molar-refractivity contribution is 0.0992. The molecule has 4 nitrogen and oxygen atoms in total. The second kappa shape index (κ2) is 4.81. The van der Waals surface area contributed by atoms with Crippen LogP contribution in [0.1, 0.15) is 15.4 Å². The van der Waals surface area contributed by atoms with Gasteiger partial charge in [0.05, 0.1) is 0 Å². The molecule has 1 amide bonds. The van der Waals surface area contributed by atoms with E-state index in [2.05, 4.69) is 10.2 Å². The maximum atomic E-state index is 12.1. The van der Waals surface area contributed by atoms with Crippen LogP contribution in [0.3, 0.4) is 0 Å². The van der Waals surface area contributed by atoms with E-state index in [1.165, 1.54) is 0 Å². The number of amides is 1. The van der Waals surface area contributed by atoms with E-state index >= 15 is 0 Å². The molecule has 0 saturated carbocycles. The highest BCUT2D eigenvalue weighted by atomic mass is 35.5. The molecule has 6 heteroatoms. The number of halogens is 1. The van der Waals surface area contributed by atoms with Crippen LogP contribution in [0.4, 0.5) is 5.69 Å². The van der Waals surface area contributed by atoms with Crippen molar-refractivity contribution in [3.8, 4) is 0 Å². The van der Waals surface area contributed by atoms with Crippen molar-refractivity contribution in [2.45, 2.75) is 6.92 Å². The van der Waals surface area contributed by atoms with Gasteiger partial charge in [-0.25, -0.2) is 0 Å². The first kappa shape index (κ1) is 12.0. The Morgan fingerprint density at radius 2 is 2.06 bits per heavy atom. The van der Waals surface area contributed by atoms with E-state index in [-0.39, 0.29) is 10.4 Å². The summed E-state index contributed by atoms with van der Waals surface area (Å²) in [5, 5.41) is 7.65. The smallest absolute Gasteiger partial charge is 0.289 e. The predicted molar refractivity (Wildman–Crippen MR) is 68.8 cm³/mol. The standard InChI is InChI=1S/C11H10ClN3OS/c1-7-5-3-4-6-8(7)15(2)10(16)9-13-14-11(12)17-9/h3-6H,1-2H3. The fourth-order valence-electron chi connectivity index (χ4n) is 1.48. The van der Waals surface area contributed by atoms with Crippen LogP contribution >= 0.6 is 22.9 Å². The number of carbonyl (C=O) groups excluding carboxylic acids is 1. The molecule has 0 saturated heterocycles. The summed E-state index contributed by atoms with van der Waals surface area (Å²) in [5.41, 5.74) is 1.88. The first-order chi connectivity index (χ1) is 8.09. The van der Waals surface area contributed by atoms with E-state index in [1.807, 2.05) is 31.2 Å². The van der Waals surface area contributed by atoms with E-state index in [1.54, 1.807) is 11.9 Å². The van der Waals surface area contributed by atoms with Crippen LogP contribution in [0.25, 0.3) is 0 Å². The minimum Gasteiger partial charge on any atom is -0.309 e. The number of hydrogen-bond donors (Lipinski definition) is 0. The van der Waals surface area contributed by atoms with Gasteiger partial charge < -0.3 is 4.90 Å². The van der Waals surface area contributed by atoms with Crippen molar-refractivity contribution in [1.29, 1.82) is 0 Å². The Balaban J connectivity index is 2.29.